The van der Waals surface area contributed by atoms with Gasteiger partial charge in [-0.2, -0.15) is 0 Å². The number of hydrogen-bond acceptors (Lipinski definition) is 5. The van der Waals surface area contributed by atoms with Gasteiger partial charge >= 0.3 is 0 Å². The van der Waals surface area contributed by atoms with Crippen LogP contribution in [-0.4, -0.2) is 33.0 Å². The molecule has 2 heterocycles. The zero-order valence-electron chi connectivity index (χ0n) is 15.2. The first-order valence-corrected chi connectivity index (χ1v) is 8.61. The Bertz CT molecular complexity index is 974. The number of para-hydroxylation sites is 2. The summed E-state index contributed by atoms with van der Waals surface area (Å²) in [5, 5.41) is 3.99. The summed E-state index contributed by atoms with van der Waals surface area (Å²) in [5.74, 6) is 0.840. The van der Waals surface area contributed by atoms with Crippen LogP contribution in [0.4, 0.5) is 0 Å². The highest BCUT2D eigenvalue weighted by molar-refractivity contribution is 5.76. The first kappa shape index (κ1) is 17.8. The molecule has 3 aromatic rings. The summed E-state index contributed by atoms with van der Waals surface area (Å²) in [7, 11) is 1.71. The zero-order valence-corrected chi connectivity index (χ0v) is 15.2. The van der Waals surface area contributed by atoms with Crippen molar-refractivity contribution >= 4 is 16.9 Å². The van der Waals surface area contributed by atoms with E-state index < -0.39 is 0 Å². The van der Waals surface area contributed by atoms with Crippen molar-refractivity contribution in [1.29, 1.82) is 0 Å². The number of aromatic amines is 1. The molecule has 1 N–H and O–H groups in total. The van der Waals surface area contributed by atoms with E-state index in [9.17, 15) is 9.59 Å². The second-order valence-corrected chi connectivity index (χ2v) is 6.65. The molecule has 0 saturated carbocycles. The van der Waals surface area contributed by atoms with Crippen LogP contribution in [0.3, 0.4) is 0 Å². The summed E-state index contributed by atoms with van der Waals surface area (Å²) in [4.78, 5) is 33.2. The summed E-state index contributed by atoms with van der Waals surface area (Å²) >= 11 is 0. The number of nitrogens with one attached hydrogen (secondary N) is 1. The molecule has 0 spiro atoms. The van der Waals surface area contributed by atoms with Crippen molar-refractivity contribution in [2.75, 3.05) is 7.05 Å². The van der Waals surface area contributed by atoms with Crippen LogP contribution in [0.1, 0.15) is 43.3 Å². The van der Waals surface area contributed by atoms with Crippen LogP contribution in [0.15, 0.2) is 39.6 Å². The lowest BCUT2D eigenvalue weighted by Crippen LogP contribution is -2.27. The summed E-state index contributed by atoms with van der Waals surface area (Å²) in [5.41, 5.74) is 2.39. The molecule has 0 radical (unpaired) electrons. The highest BCUT2D eigenvalue weighted by Crippen LogP contribution is 2.15. The van der Waals surface area contributed by atoms with Gasteiger partial charge in [0.15, 0.2) is 5.76 Å². The van der Waals surface area contributed by atoms with E-state index in [1.165, 1.54) is 0 Å². The van der Waals surface area contributed by atoms with Crippen LogP contribution in [0.25, 0.3) is 11.0 Å². The Morgan fingerprint density at radius 3 is 2.81 bits per heavy atom. The zero-order chi connectivity index (χ0) is 18.7. The topological polar surface area (TPSA) is 92.1 Å². The Morgan fingerprint density at radius 2 is 2.08 bits per heavy atom. The molecule has 3 rings (SSSR count). The lowest BCUT2D eigenvalue weighted by Gasteiger charge is -2.15. The number of hydrogen-bond donors (Lipinski definition) is 1. The molecule has 26 heavy (non-hydrogen) atoms. The van der Waals surface area contributed by atoms with Crippen molar-refractivity contribution in [2.24, 2.45) is 0 Å². The van der Waals surface area contributed by atoms with Crippen LogP contribution < -0.4 is 5.56 Å². The molecule has 136 valence electrons. The van der Waals surface area contributed by atoms with Gasteiger partial charge in [-0.3, -0.25) is 9.59 Å². The fraction of sp³-hybridized carbons (Fsp3) is 0.368. The average molecular weight is 354 g/mol. The molecule has 0 aliphatic rings. The van der Waals surface area contributed by atoms with Crippen molar-refractivity contribution in [3.8, 4) is 0 Å². The smallest absolute Gasteiger partial charge is 0.270 e. The minimum absolute atomic E-state index is 0.0816. The first-order chi connectivity index (χ1) is 12.4. The van der Waals surface area contributed by atoms with Gasteiger partial charge < -0.3 is 14.4 Å². The number of rotatable bonds is 6. The van der Waals surface area contributed by atoms with Gasteiger partial charge in [0.25, 0.3) is 5.56 Å². The van der Waals surface area contributed by atoms with Gasteiger partial charge in [0.05, 0.1) is 23.3 Å². The maximum absolute atomic E-state index is 12.4. The van der Waals surface area contributed by atoms with Crippen LogP contribution in [0.2, 0.25) is 0 Å². The Hall–Kier alpha value is -2.96. The molecule has 0 saturated heterocycles. The monoisotopic (exact) mass is 354 g/mol. The van der Waals surface area contributed by atoms with E-state index in [-0.39, 0.29) is 30.2 Å². The average Bonchev–Trinajstić information content (AvgIpc) is 3.08. The quantitative estimate of drug-likeness (QED) is 0.735. The maximum Gasteiger partial charge on any atom is 0.270 e. The number of H-pyrrole nitrogens is 1. The standard InChI is InChI=1S/C19H22N4O3/c1-12(2)17-10-13(26-22-17)11-23(3)18(24)9-8-16-19(25)21-15-7-5-4-6-14(15)20-16/h4-7,10,12H,8-9,11H2,1-3H3,(H,21,25). The summed E-state index contributed by atoms with van der Waals surface area (Å²) in [6.45, 7) is 4.41. The predicted octanol–water partition coefficient (Wildman–Crippen LogP) is 2.63. The molecule has 7 nitrogen and oxygen atoms in total. The fourth-order valence-corrected chi connectivity index (χ4v) is 2.65. The van der Waals surface area contributed by atoms with Gasteiger partial charge in [0, 0.05) is 26.0 Å². The largest absolute Gasteiger partial charge is 0.359 e. The van der Waals surface area contributed by atoms with E-state index in [1.54, 1.807) is 18.0 Å². The Labute approximate surface area is 151 Å². The number of carbonyl (C=O) groups excluding carboxylic acids is 1. The molecule has 1 aromatic carbocycles. The van der Waals surface area contributed by atoms with E-state index in [4.69, 9.17) is 4.52 Å². The van der Waals surface area contributed by atoms with Crippen molar-refractivity contribution in [2.45, 2.75) is 39.2 Å². The molecule has 0 fully saturated rings. The Morgan fingerprint density at radius 1 is 1.31 bits per heavy atom. The molecular formula is C19H22N4O3. The lowest BCUT2D eigenvalue weighted by atomic mass is 10.1. The highest BCUT2D eigenvalue weighted by atomic mass is 16.5. The van der Waals surface area contributed by atoms with E-state index >= 15 is 0 Å². The number of aryl methyl sites for hydroxylation is 1. The van der Waals surface area contributed by atoms with E-state index in [0.717, 1.165) is 5.69 Å². The van der Waals surface area contributed by atoms with Crippen molar-refractivity contribution in [1.82, 2.24) is 20.0 Å². The number of nitrogens with zero attached hydrogens (tertiary/aromatic N) is 3. The molecule has 0 aliphatic heterocycles. The minimum atomic E-state index is -0.254. The SMILES string of the molecule is CC(C)c1cc(CN(C)C(=O)CCc2nc3ccccc3[nH]c2=O)on1. The molecule has 0 aliphatic carbocycles. The van der Waals surface area contributed by atoms with Gasteiger partial charge in [0.2, 0.25) is 5.91 Å². The van der Waals surface area contributed by atoms with Crippen molar-refractivity contribution < 1.29 is 9.32 Å². The minimum Gasteiger partial charge on any atom is -0.359 e. The normalized spacial score (nSPS) is 11.2. The second kappa shape index (κ2) is 7.51. The molecule has 7 heteroatoms. The van der Waals surface area contributed by atoms with Crippen LogP contribution in [0.5, 0.6) is 0 Å². The van der Waals surface area contributed by atoms with Gasteiger partial charge in [-0.05, 0) is 18.1 Å². The third-order valence-corrected chi connectivity index (χ3v) is 4.23. The number of carbonyl (C=O) groups is 1. The Balaban J connectivity index is 1.62. The lowest BCUT2D eigenvalue weighted by molar-refractivity contribution is -0.130. The number of amides is 1. The van der Waals surface area contributed by atoms with E-state index in [2.05, 4.69) is 15.1 Å². The Kier molecular flexibility index (Phi) is 5.16. The maximum atomic E-state index is 12.4. The highest BCUT2D eigenvalue weighted by Gasteiger charge is 2.15. The number of benzene rings is 1. The summed E-state index contributed by atoms with van der Waals surface area (Å²) in [6, 6.07) is 9.20. The van der Waals surface area contributed by atoms with Crippen molar-refractivity contribution in [3.05, 3.63) is 57.8 Å². The first-order valence-electron chi connectivity index (χ1n) is 8.61. The number of fused-ring (bicyclic) bond motifs is 1. The van der Waals surface area contributed by atoms with Crippen LogP contribution in [-0.2, 0) is 17.8 Å². The van der Waals surface area contributed by atoms with E-state index in [1.807, 2.05) is 38.1 Å². The van der Waals surface area contributed by atoms with Gasteiger partial charge in [0.1, 0.15) is 5.69 Å². The van der Waals surface area contributed by atoms with Crippen molar-refractivity contribution in [3.63, 3.8) is 0 Å². The molecule has 2 aromatic heterocycles. The molecular weight excluding hydrogens is 332 g/mol. The number of aromatic nitrogens is 3. The molecule has 0 bridgehead atoms. The summed E-state index contributed by atoms with van der Waals surface area (Å²) < 4.78 is 5.27. The third-order valence-electron chi connectivity index (χ3n) is 4.23. The predicted molar refractivity (Wildman–Crippen MR) is 97.8 cm³/mol. The summed E-state index contributed by atoms with van der Waals surface area (Å²) in [6.07, 6.45) is 0.493. The molecule has 1 amide bonds. The molecule has 0 atom stereocenters. The fourth-order valence-electron chi connectivity index (χ4n) is 2.65. The van der Waals surface area contributed by atoms with Crippen LogP contribution in [0, 0.1) is 0 Å². The second-order valence-electron chi connectivity index (χ2n) is 6.65. The van der Waals surface area contributed by atoms with Crippen LogP contribution >= 0.6 is 0 Å². The van der Waals surface area contributed by atoms with Gasteiger partial charge in [-0.1, -0.05) is 31.1 Å². The van der Waals surface area contributed by atoms with E-state index in [0.29, 0.717) is 29.0 Å². The molecule has 0 unspecified atom stereocenters. The van der Waals surface area contributed by atoms with Gasteiger partial charge in [-0.25, -0.2) is 4.98 Å². The van der Waals surface area contributed by atoms with Gasteiger partial charge in [-0.15, -0.1) is 0 Å². The third kappa shape index (κ3) is 3.99.